The minimum atomic E-state index is 0.180. The topological polar surface area (TPSA) is 25.4 Å². The van der Waals surface area contributed by atoms with E-state index in [0.717, 1.165) is 29.8 Å². The molecule has 0 spiro atoms. The first-order chi connectivity index (χ1) is 10.7. The number of aromatic nitrogens is 1. The molecule has 3 heteroatoms. The summed E-state index contributed by atoms with van der Waals surface area (Å²) in [7, 11) is 4.05. The number of nitrogens with zero attached hydrogens (tertiary/aromatic N) is 2. The van der Waals surface area contributed by atoms with Gasteiger partial charge in [0.05, 0.1) is 6.04 Å². The maximum Gasteiger partial charge on any atom is 0.221 e. The molecule has 22 heavy (non-hydrogen) atoms. The van der Waals surface area contributed by atoms with Crippen molar-refractivity contribution in [2.75, 3.05) is 20.7 Å². The summed E-state index contributed by atoms with van der Waals surface area (Å²) in [5.74, 6) is 0.734. The third-order valence-electron chi connectivity index (χ3n) is 3.87. The van der Waals surface area contributed by atoms with Crippen LogP contribution in [-0.4, -0.2) is 36.6 Å². The third kappa shape index (κ3) is 4.08. The highest BCUT2D eigenvalue weighted by Gasteiger charge is 2.11. The first kappa shape index (κ1) is 16.5. The lowest BCUT2D eigenvalue weighted by molar-refractivity contribution is 0.213. The molecular formula is C19H26N2O. The summed E-state index contributed by atoms with van der Waals surface area (Å²) in [5, 5.41) is 2.27. The first-order valence-electron chi connectivity index (χ1n) is 7.96. The number of pyridine rings is 1. The molecule has 1 unspecified atom stereocenters. The van der Waals surface area contributed by atoms with Crippen LogP contribution in [0.2, 0.25) is 0 Å². The first-order valence-corrected chi connectivity index (χ1v) is 7.96. The van der Waals surface area contributed by atoms with Gasteiger partial charge in [0.1, 0.15) is 6.61 Å². The summed E-state index contributed by atoms with van der Waals surface area (Å²) in [4.78, 5) is 6.82. The fourth-order valence-corrected chi connectivity index (χ4v) is 2.41. The van der Waals surface area contributed by atoms with Crippen LogP contribution < -0.4 is 4.74 Å². The average Bonchev–Trinajstić information content (AvgIpc) is 2.53. The second-order valence-electron chi connectivity index (χ2n) is 5.82. The molecule has 1 aromatic carbocycles. The number of aryl methyl sites for hydroxylation is 1. The number of fused-ring (bicyclic) bond motifs is 1. The Hall–Kier alpha value is -1.87. The quantitative estimate of drug-likeness (QED) is 0.687. The van der Waals surface area contributed by atoms with Gasteiger partial charge in [0.2, 0.25) is 5.88 Å². The van der Waals surface area contributed by atoms with Crippen molar-refractivity contribution in [2.45, 2.75) is 32.2 Å². The van der Waals surface area contributed by atoms with Crippen LogP contribution in [0, 0.1) is 0 Å². The molecule has 1 heterocycles. The van der Waals surface area contributed by atoms with E-state index in [1.54, 1.807) is 0 Å². The van der Waals surface area contributed by atoms with Crippen LogP contribution in [-0.2, 0) is 6.42 Å². The van der Waals surface area contributed by atoms with Gasteiger partial charge in [0.15, 0.2) is 0 Å². The van der Waals surface area contributed by atoms with Crippen molar-refractivity contribution < 1.29 is 4.74 Å². The molecule has 118 valence electrons. The lowest BCUT2D eigenvalue weighted by Gasteiger charge is -2.21. The number of ether oxygens (including phenoxy) is 1. The zero-order valence-corrected chi connectivity index (χ0v) is 13.9. The second-order valence-corrected chi connectivity index (χ2v) is 5.82. The number of rotatable bonds is 8. The Labute approximate surface area is 133 Å². The van der Waals surface area contributed by atoms with Gasteiger partial charge >= 0.3 is 0 Å². The van der Waals surface area contributed by atoms with Crippen LogP contribution in [0.25, 0.3) is 10.8 Å². The average molecular weight is 298 g/mol. The molecule has 1 atom stereocenters. The molecule has 0 fully saturated rings. The van der Waals surface area contributed by atoms with E-state index in [2.05, 4.69) is 42.7 Å². The number of benzene rings is 1. The Bertz CT molecular complexity index is 622. The van der Waals surface area contributed by atoms with Gasteiger partial charge in [-0.15, -0.1) is 6.58 Å². The molecular weight excluding hydrogens is 272 g/mol. The van der Waals surface area contributed by atoms with E-state index in [4.69, 9.17) is 9.72 Å². The van der Waals surface area contributed by atoms with Gasteiger partial charge < -0.3 is 4.74 Å². The van der Waals surface area contributed by atoms with Gasteiger partial charge in [-0.1, -0.05) is 37.6 Å². The molecule has 3 nitrogen and oxygen atoms in total. The van der Waals surface area contributed by atoms with E-state index < -0.39 is 0 Å². The summed E-state index contributed by atoms with van der Waals surface area (Å²) >= 11 is 0. The summed E-state index contributed by atoms with van der Waals surface area (Å²) in [6, 6.07) is 10.6. The van der Waals surface area contributed by atoms with Crippen LogP contribution in [0.4, 0.5) is 0 Å². The fourth-order valence-electron chi connectivity index (χ4n) is 2.41. The SMILES string of the molecule is C=CC(COc1nc(CCCC)cc2ccccc12)N(C)C. The normalized spacial score (nSPS) is 12.5. The Morgan fingerprint density at radius 2 is 2.09 bits per heavy atom. The van der Waals surface area contributed by atoms with Crippen molar-refractivity contribution in [3.05, 3.63) is 48.7 Å². The van der Waals surface area contributed by atoms with Crippen LogP contribution in [0.3, 0.4) is 0 Å². The van der Waals surface area contributed by atoms with Crippen LogP contribution in [0.1, 0.15) is 25.5 Å². The molecule has 0 radical (unpaired) electrons. The Morgan fingerprint density at radius 1 is 1.32 bits per heavy atom. The summed E-state index contributed by atoms with van der Waals surface area (Å²) in [5.41, 5.74) is 1.11. The minimum Gasteiger partial charge on any atom is -0.475 e. The minimum absolute atomic E-state index is 0.180. The van der Waals surface area contributed by atoms with Crippen molar-refractivity contribution in [1.82, 2.24) is 9.88 Å². The van der Waals surface area contributed by atoms with E-state index in [1.807, 2.05) is 26.2 Å². The molecule has 0 saturated carbocycles. The monoisotopic (exact) mass is 298 g/mol. The number of hydrogen-bond acceptors (Lipinski definition) is 3. The molecule has 2 aromatic rings. The van der Waals surface area contributed by atoms with Crippen molar-refractivity contribution in [1.29, 1.82) is 0 Å². The summed E-state index contributed by atoms with van der Waals surface area (Å²) in [6.07, 6.45) is 5.22. The maximum absolute atomic E-state index is 6.03. The fraction of sp³-hybridized carbons (Fsp3) is 0.421. The predicted octanol–water partition coefficient (Wildman–Crippen LogP) is 4.07. The van der Waals surface area contributed by atoms with Crippen LogP contribution >= 0.6 is 0 Å². The molecule has 0 aliphatic heterocycles. The zero-order chi connectivity index (χ0) is 15.9. The van der Waals surface area contributed by atoms with E-state index in [-0.39, 0.29) is 6.04 Å². The molecule has 0 aliphatic rings. The number of likely N-dealkylation sites (N-methyl/N-ethyl adjacent to an activating group) is 1. The lowest BCUT2D eigenvalue weighted by atomic mass is 10.1. The standard InChI is InChI=1S/C19H26N2O/c1-5-7-11-16-13-15-10-8-9-12-18(15)19(20-16)22-14-17(6-2)21(3)4/h6,8-10,12-13,17H,2,5,7,11,14H2,1,3-4H3. The van der Waals surface area contributed by atoms with E-state index >= 15 is 0 Å². The Balaban J connectivity index is 2.27. The highest BCUT2D eigenvalue weighted by Crippen LogP contribution is 2.25. The predicted molar refractivity (Wildman–Crippen MR) is 93.5 cm³/mol. The smallest absolute Gasteiger partial charge is 0.221 e. The van der Waals surface area contributed by atoms with Gasteiger partial charge in [-0.2, -0.15) is 0 Å². The molecule has 0 saturated heterocycles. The summed E-state index contributed by atoms with van der Waals surface area (Å²) in [6.45, 7) is 6.63. The largest absolute Gasteiger partial charge is 0.475 e. The molecule has 1 aromatic heterocycles. The van der Waals surface area contributed by atoms with Crippen molar-refractivity contribution in [2.24, 2.45) is 0 Å². The van der Waals surface area contributed by atoms with Crippen molar-refractivity contribution in [3.63, 3.8) is 0 Å². The molecule has 0 N–H and O–H groups in total. The van der Waals surface area contributed by atoms with Gasteiger partial charge in [-0.05, 0) is 44.5 Å². The molecule has 0 bridgehead atoms. The van der Waals surface area contributed by atoms with Crippen molar-refractivity contribution in [3.8, 4) is 5.88 Å². The third-order valence-corrected chi connectivity index (χ3v) is 3.87. The summed E-state index contributed by atoms with van der Waals surface area (Å²) < 4.78 is 6.03. The Kier molecular flexibility index (Phi) is 5.96. The molecule has 0 amide bonds. The zero-order valence-electron chi connectivity index (χ0n) is 13.9. The van der Waals surface area contributed by atoms with Gasteiger partial charge in [0.25, 0.3) is 0 Å². The van der Waals surface area contributed by atoms with Crippen molar-refractivity contribution >= 4 is 10.8 Å². The highest BCUT2D eigenvalue weighted by atomic mass is 16.5. The van der Waals surface area contributed by atoms with Crippen LogP contribution in [0.5, 0.6) is 5.88 Å². The van der Waals surface area contributed by atoms with E-state index in [0.29, 0.717) is 6.61 Å². The van der Waals surface area contributed by atoms with E-state index in [9.17, 15) is 0 Å². The second kappa shape index (κ2) is 7.95. The molecule has 0 aliphatic carbocycles. The van der Waals surface area contributed by atoms with Gasteiger partial charge in [-0.3, -0.25) is 4.90 Å². The maximum atomic E-state index is 6.03. The molecule has 2 rings (SSSR count). The van der Waals surface area contributed by atoms with Gasteiger partial charge in [-0.25, -0.2) is 4.98 Å². The highest BCUT2D eigenvalue weighted by molar-refractivity contribution is 5.87. The van der Waals surface area contributed by atoms with Gasteiger partial charge in [0, 0.05) is 11.1 Å². The Morgan fingerprint density at radius 3 is 2.77 bits per heavy atom. The number of hydrogen-bond donors (Lipinski definition) is 0. The number of unbranched alkanes of at least 4 members (excludes halogenated alkanes) is 1. The van der Waals surface area contributed by atoms with E-state index in [1.165, 1.54) is 11.8 Å². The van der Waals surface area contributed by atoms with Crippen LogP contribution in [0.15, 0.2) is 43.0 Å². The lowest BCUT2D eigenvalue weighted by Crippen LogP contribution is -2.31.